The molecule has 0 fully saturated rings. The number of carboxylic acids is 1. The highest BCUT2D eigenvalue weighted by Crippen LogP contribution is 2.21. The SMILES string of the molecule is CC[C@H](C)[C@H](NC(=O)[C@@H](CCCNC(=N)N)NC(=O)[C@H](CC(C)C)NC(=O)[C@@H](NC(=O)[C@@H](NC(=O)OCc1ccccc1)[C@H](NC(=O)OC(C)(C)C)c1ccccc1)[C@H](O)C(C)C)C(=O)N[C@H](C(=O)NCC(=O)N[C@@H](CC(N)=O)C(=O)N[C@@H](CO)C(=O)O)[C@H](C)O. The summed E-state index contributed by atoms with van der Waals surface area (Å²) < 4.78 is 11.0. The molecule has 0 saturated heterocycles. The van der Waals surface area contributed by atoms with E-state index in [1.165, 1.54) is 0 Å². The summed E-state index contributed by atoms with van der Waals surface area (Å²) in [5.74, 6) is -13.6. The highest BCUT2D eigenvalue weighted by atomic mass is 16.6. The molecule has 0 saturated carbocycles. The Morgan fingerprint density at radius 2 is 1.12 bits per heavy atom. The van der Waals surface area contributed by atoms with E-state index in [1.54, 1.807) is 123 Å². The number of ether oxygens (including phenoxy) is 2. The van der Waals surface area contributed by atoms with Crippen LogP contribution in [-0.4, -0.2) is 184 Å². The minimum Gasteiger partial charge on any atom is -0.480 e. The zero-order valence-corrected chi connectivity index (χ0v) is 52.9. The summed E-state index contributed by atoms with van der Waals surface area (Å²) in [6.45, 7) is 13.5. The summed E-state index contributed by atoms with van der Waals surface area (Å²) in [7, 11) is 0. The van der Waals surface area contributed by atoms with Crippen molar-refractivity contribution in [2.45, 2.75) is 180 Å². The van der Waals surface area contributed by atoms with Gasteiger partial charge in [0.25, 0.3) is 0 Å². The van der Waals surface area contributed by atoms with Crippen LogP contribution in [-0.2, 0) is 64.0 Å². The molecule has 0 aliphatic rings. The first-order valence-corrected chi connectivity index (χ1v) is 29.6. The van der Waals surface area contributed by atoms with Crippen molar-refractivity contribution in [2.24, 2.45) is 29.2 Å². The molecule has 12 atom stereocenters. The van der Waals surface area contributed by atoms with Gasteiger partial charge in [0.05, 0.1) is 37.8 Å². The first-order valence-electron chi connectivity index (χ1n) is 29.6. The van der Waals surface area contributed by atoms with Gasteiger partial charge in [-0.3, -0.25) is 48.6 Å². The molecule has 2 aromatic carbocycles. The van der Waals surface area contributed by atoms with Gasteiger partial charge in [-0.1, -0.05) is 109 Å². The molecule has 32 nitrogen and oxygen atoms in total. The highest BCUT2D eigenvalue weighted by molar-refractivity contribution is 5.99. The summed E-state index contributed by atoms with van der Waals surface area (Å²) in [6, 6.07) is 1.60. The van der Waals surface area contributed by atoms with Crippen LogP contribution < -0.4 is 70.0 Å². The van der Waals surface area contributed by atoms with Crippen molar-refractivity contribution in [2.75, 3.05) is 19.7 Å². The number of alkyl carbamates (subject to hydrolysis) is 2. The van der Waals surface area contributed by atoms with Crippen LogP contribution in [0.15, 0.2) is 60.7 Å². The van der Waals surface area contributed by atoms with E-state index in [2.05, 4.69) is 53.2 Å². The minimum absolute atomic E-state index is 0.0149. The first kappa shape index (κ1) is 77.9. The van der Waals surface area contributed by atoms with Crippen molar-refractivity contribution in [1.29, 1.82) is 5.41 Å². The molecule has 0 bridgehead atoms. The second-order valence-corrected chi connectivity index (χ2v) is 23.4. The molecule has 0 radical (unpaired) electrons. The summed E-state index contributed by atoms with van der Waals surface area (Å²) in [6.07, 6.45) is -6.28. The number of rotatable bonds is 37. The van der Waals surface area contributed by atoms with Crippen LogP contribution in [0.1, 0.15) is 119 Å². The Balaban J connectivity index is 2.55. The van der Waals surface area contributed by atoms with Gasteiger partial charge in [-0.2, -0.15) is 0 Å². The van der Waals surface area contributed by atoms with E-state index in [1.807, 2.05) is 5.32 Å². The number of carbonyl (C=O) groups excluding carboxylic acids is 11. The molecule has 91 heavy (non-hydrogen) atoms. The number of carbonyl (C=O) groups is 12. The lowest BCUT2D eigenvalue weighted by Crippen LogP contribution is -2.63. The van der Waals surface area contributed by atoms with Gasteiger partial charge in [0, 0.05) is 6.54 Å². The number of amides is 11. The van der Waals surface area contributed by atoms with Crippen LogP contribution in [0.2, 0.25) is 0 Å². The molecule has 0 heterocycles. The monoisotopic (exact) mass is 1280 g/mol. The third kappa shape index (κ3) is 28.5. The molecule has 2 rings (SSSR count). The summed E-state index contributed by atoms with van der Waals surface area (Å²) in [5.41, 5.74) is 10.6. The smallest absolute Gasteiger partial charge is 0.408 e. The third-order valence-corrected chi connectivity index (χ3v) is 13.6. The van der Waals surface area contributed by atoms with E-state index >= 15 is 0 Å². The topological polar surface area (TPSA) is 512 Å². The molecule has 2 aromatic rings. The average molecular weight is 1290 g/mol. The van der Waals surface area contributed by atoms with Gasteiger partial charge in [-0.15, -0.1) is 0 Å². The lowest BCUT2D eigenvalue weighted by Gasteiger charge is -2.33. The Kier molecular flexibility index (Phi) is 32.9. The molecular weight excluding hydrogens is 1190 g/mol. The number of aliphatic hydroxyl groups is 3. The van der Waals surface area contributed by atoms with Gasteiger partial charge in [-0.25, -0.2) is 14.4 Å². The number of hydrogen-bond donors (Lipinski definition) is 18. The van der Waals surface area contributed by atoms with Crippen molar-refractivity contribution in [3.05, 3.63) is 71.8 Å². The molecule has 11 amide bonds. The maximum absolute atomic E-state index is 14.8. The number of aliphatic hydroxyl groups excluding tert-OH is 3. The second kappa shape index (κ2) is 38.4. The summed E-state index contributed by atoms with van der Waals surface area (Å²) >= 11 is 0. The third-order valence-electron chi connectivity index (χ3n) is 13.6. The van der Waals surface area contributed by atoms with Crippen molar-refractivity contribution in [3.8, 4) is 0 Å². The van der Waals surface area contributed by atoms with E-state index in [9.17, 15) is 78.0 Å². The van der Waals surface area contributed by atoms with E-state index in [0.717, 1.165) is 6.92 Å². The zero-order chi connectivity index (χ0) is 68.9. The Morgan fingerprint density at radius 3 is 1.65 bits per heavy atom. The minimum atomic E-state index is -1.87. The maximum Gasteiger partial charge on any atom is 0.408 e. The molecule has 32 heteroatoms. The fourth-order valence-electron chi connectivity index (χ4n) is 8.61. The number of nitrogens with one attached hydrogen (secondary N) is 12. The molecule has 506 valence electrons. The molecule has 0 aliphatic carbocycles. The van der Waals surface area contributed by atoms with E-state index in [-0.39, 0.29) is 50.3 Å². The fourth-order valence-corrected chi connectivity index (χ4v) is 8.61. The van der Waals surface area contributed by atoms with Gasteiger partial charge < -0.3 is 99.9 Å². The first-order chi connectivity index (χ1) is 42.6. The summed E-state index contributed by atoms with van der Waals surface area (Å²) in [4.78, 5) is 162. The fraction of sp³-hybridized carbons (Fsp3) is 0.576. The van der Waals surface area contributed by atoms with Crippen LogP contribution in [0.4, 0.5) is 9.59 Å². The molecule has 0 aromatic heterocycles. The largest absolute Gasteiger partial charge is 0.480 e. The Labute approximate surface area is 527 Å². The maximum atomic E-state index is 14.8. The number of guanidine groups is 1. The van der Waals surface area contributed by atoms with E-state index in [0.29, 0.717) is 5.56 Å². The Bertz CT molecular complexity index is 2790. The molecule has 0 spiro atoms. The average Bonchev–Trinajstić information content (AvgIpc) is 1.00. The summed E-state index contributed by atoms with van der Waals surface area (Å²) in [5, 5.41) is 75.1. The second-order valence-electron chi connectivity index (χ2n) is 23.4. The molecule has 0 aliphatic heterocycles. The van der Waals surface area contributed by atoms with Crippen LogP contribution in [0.5, 0.6) is 0 Å². The standard InChI is InChI=1S/C59H92N14O18/c1-11-32(6)42(52(83)70-43(33(7)75)51(82)64-27-41(77)65-38(26-40(60)76)50(81)68-39(28-74)55(86)87)69-48(79)36(23-18-24-63-56(61)62)66-49(80)37(25-30(2)3)67-54(85)46(47(78)31(4)5)71-53(84)45(73-57(88)90-29-34-19-14-12-15-20-34)44(35-21-16-13-17-22-35)72-58(89)91-59(8,9)10/h12-17,19-22,30-33,36-39,42-47,74-75,78H,11,18,23-29H2,1-10H3,(H2,60,76)(H,64,82)(H,65,77)(H,66,80)(H,67,85)(H,68,81)(H,69,79)(H,70,83)(H,71,84)(H,72,89)(H,73,88)(H,86,87)(H4,61,62,63)/t32-,33-,36+,37-,38-,39-,42-,43-,44+,45-,46-,47+/m0/s1. The highest BCUT2D eigenvalue weighted by Gasteiger charge is 2.41. The zero-order valence-electron chi connectivity index (χ0n) is 52.9. The van der Waals surface area contributed by atoms with E-state index in [4.69, 9.17) is 26.4 Å². The predicted molar refractivity (Wildman–Crippen MR) is 328 cm³/mol. The lowest BCUT2D eigenvalue weighted by molar-refractivity contribution is -0.143. The number of primary amides is 1. The number of hydrogen-bond acceptors (Lipinski definition) is 18. The van der Waals surface area contributed by atoms with Crippen molar-refractivity contribution in [1.82, 2.24) is 58.5 Å². The molecule has 20 N–H and O–H groups in total. The quantitative estimate of drug-likeness (QED) is 0.0193. The lowest BCUT2D eigenvalue weighted by atomic mass is 9.95. The van der Waals surface area contributed by atoms with Gasteiger partial charge >= 0.3 is 18.2 Å². The van der Waals surface area contributed by atoms with Crippen LogP contribution in [0, 0.1) is 23.2 Å². The van der Waals surface area contributed by atoms with Crippen molar-refractivity contribution in [3.63, 3.8) is 0 Å². The van der Waals surface area contributed by atoms with Crippen molar-refractivity contribution >= 4 is 77.3 Å². The van der Waals surface area contributed by atoms with Crippen LogP contribution in [0.3, 0.4) is 0 Å². The normalized spacial score (nSPS) is 15.2. The van der Waals surface area contributed by atoms with E-state index < -0.39 is 181 Å². The number of benzene rings is 2. The van der Waals surface area contributed by atoms with Gasteiger partial charge in [0.2, 0.25) is 53.2 Å². The Morgan fingerprint density at radius 1 is 0.593 bits per heavy atom. The molecule has 0 unspecified atom stereocenters. The predicted octanol–water partition coefficient (Wildman–Crippen LogP) is -2.24. The number of carboxylic acid groups (broad SMARTS) is 1. The number of aliphatic carboxylic acids is 1. The Hall–Kier alpha value is -9.17. The van der Waals surface area contributed by atoms with Crippen LogP contribution >= 0.6 is 0 Å². The van der Waals surface area contributed by atoms with Crippen LogP contribution in [0.25, 0.3) is 0 Å². The molecular formula is C59H92N14O18. The number of nitrogens with two attached hydrogens (primary N) is 2. The van der Waals surface area contributed by atoms with Gasteiger partial charge in [0.1, 0.15) is 60.5 Å². The van der Waals surface area contributed by atoms with Gasteiger partial charge in [0.15, 0.2) is 5.96 Å². The van der Waals surface area contributed by atoms with Gasteiger partial charge in [-0.05, 0) is 75.8 Å². The van der Waals surface area contributed by atoms with Crippen molar-refractivity contribution < 1.29 is 87.4 Å².